The highest BCUT2D eigenvalue weighted by Gasteiger charge is 2.17. The maximum absolute atomic E-state index is 12.2. The van der Waals surface area contributed by atoms with Crippen LogP contribution in [0, 0.1) is 0 Å². The van der Waals surface area contributed by atoms with Gasteiger partial charge in [-0.25, -0.2) is 9.89 Å². The maximum Gasteiger partial charge on any atom is 0.359 e. The van der Waals surface area contributed by atoms with Crippen molar-refractivity contribution in [2.24, 2.45) is 0 Å². The number of aromatic amines is 1. The molecule has 0 bridgehead atoms. The first kappa shape index (κ1) is 18.6. The van der Waals surface area contributed by atoms with Crippen LogP contribution in [-0.4, -0.2) is 34.7 Å². The van der Waals surface area contributed by atoms with E-state index < -0.39 is 5.97 Å². The summed E-state index contributed by atoms with van der Waals surface area (Å²) in [5, 5.41) is 9.55. The van der Waals surface area contributed by atoms with E-state index in [1.54, 1.807) is 24.3 Å². The quantitative estimate of drug-likeness (QED) is 0.564. The molecule has 1 heterocycles. The lowest BCUT2D eigenvalue weighted by Crippen LogP contribution is -2.36. The molecule has 1 atom stereocenters. The number of H-pyrrole nitrogens is 1. The molecule has 0 aliphatic rings. The van der Waals surface area contributed by atoms with E-state index in [1.807, 2.05) is 6.92 Å². The number of nitrogens with zero attached hydrogens (tertiary/aromatic N) is 1. The lowest BCUT2D eigenvalue weighted by Gasteiger charge is -2.13. The zero-order chi connectivity index (χ0) is 18.2. The van der Waals surface area contributed by atoms with Gasteiger partial charge in [-0.2, -0.15) is 5.10 Å². The van der Waals surface area contributed by atoms with E-state index in [-0.39, 0.29) is 29.8 Å². The van der Waals surface area contributed by atoms with Gasteiger partial charge >= 0.3 is 5.97 Å². The third kappa shape index (κ3) is 5.14. The number of rotatable bonds is 8. The van der Waals surface area contributed by atoms with Crippen molar-refractivity contribution in [2.45, 2.75) is 45.6 Å². The van der Waals surface area contributed by atoms with Crippen molar-refractivity contribution in [1.82, 2.24) is 15.5 Å². The summed E-state index contributed by atoms with van der Waals surface area (Å²) >= 11 is 0. The summed E-state index contributed by atoms with van der Waals surface area (Å²) in [5.41, 5.74) is -0.398. The number of ether oxygens (including phenoxy) is 1. The van der Waals surface area contributed by atoms with Gasteiger partial charge in [-0.15, -0.1) is 0 Å². The Morgan fingerprint density at radius 1 is 1.24 bits per heavy atom. The second-order valence-electron chi connectivity index (χ2n) is 5.99. The second-order valence-corrected chi connectivity index (χ2v) is 5.99. The van der Waals surface area contributed by atoms with Crippen LogP contribution in [0.1, 0.15) is 50.0 Å². The minimum absolute atomic E-state index is 0.0148. The van der Waals surface area contributed by atoms with E-state index >= 15 is 0 Å². The molecule has 0 spiro atoms. The monoisotopic (exact) mass is 345 g/mol. The number of aromatic nitrogens is 2. The molecule has 0 aliphatic carbocycles. The van der Waals surface area contributed by atoms with Crippen molar-refractivity contribution >= 4 is 22.6 Å². The SMILES string of the molecule is CCCCCC(C)NC(=O)COC(=O)c1n[nH]c(=O)c2ccccc12. The molecule has 0 fully saturated rings. The van der Waals surface area contributed by atoms with Crippen LogP contribution >= 0.6 is 0 Å². The Balaban J connectivity index is 1.94. The highest BCUT2D eigenvalue weighted by Crippen LogP contribution is 2.13. The molecule has 1 aromatic heterocycles. The van der Waals surface area contributed by atoms with Crippen LogP contribution in [-0.2, 0) is 9.53 Å². The Morgan fingerprint density at radius 2 is 1.96 bits per heavy atom. The molecule has 134 valence electrons. The molecule has 7 nitrogen and oxygen atoms in total. The first-order valence-corrected chi connectivity index (χ1v) is 8.46. The molecule has 2 aromatic rings. The van der Waals surface area contributed by atoms with Crippen molar-refractivity contribution < 1.29 is 14.3 Å². The van der Waals surface area contributed by atoms with Crippen LogP contribution < -0.4 is 10.9 Å². The standard InChI is InChI=1S/C18H23N3O4/c1-3-4-5-8-12(2)19-15(22)11-25-18(24)16-13-9-6-7-10-14(13)17(23)21-20-16/h6-7,9-10,12H,3-5,8,11H2,1-2H3,(H,19,22)(H,21,23). The lowest BCUT2D eigenvalue weighted by atomic mass is 10.1. The highest BCUT2D eigenvalue weighted by molar-refractivity contribution is 6.02. The van der Waals surface area contributed by atoms with E-state index in [4.69, 9.17) is 4.74 Å². The molecule has 2 rings (SSSR count). The van der Waals surface area contributed by atoms with Crippen molar-refractivity contribution in [3.05, 3.63) is 40.3 Å². The fourth-order valence-electron chi connectivity index (χ4n) is 2.56. The summed E-state index contributed by atoms with van der Waals surface area (Å²) in [7, 11) is 0. The van der Waals surface area contributed by atoms with E-state index in [9.17, 15) is 14.4 Å². The predicted octanol–water partition coefficient (Wildman–Crippen LogP) is 2.16. The highest BCUT2D eigenvalue weighted by atomic mass is 16.5. The fourth-order valence-corrected chi connectivity index (χ4v) is 2.56. The zero-order valence-electron chi connectivity index (χ0n) is 14.5. The summed E-state index contributed by atoms with van der Waals surface area (Å²) in [6.45, 7) is 3.66. The summed E-state index contributed by atoms with van der Waals surface area (Å²) in [5.74, 6) is -1.10. The van der Waals surface area contributed by atoms with Crippen LogP contribution in [0.25, 0.3) is 10.8 Å². The molecular weight excluding hydrogens is 322 g/mol. The lowest BCUT2D eigenvalue weighted by molar-refractivity contribution is -0.124. The molecule has 1 amide bonds. The van der Waals surface area contributed by atoms with Gasteiger partial charge in [0.25, 0.3) is 11.5 Å². The van der Waals surface area contributed by atoms with E-state index in [0.717, 1.165) is 25.7 Å². The molecule has 7 heteroatoms. The topological polar surface area (TPSA) is 101 Å². The third-order valence-electron chi connectivity index (χ3n) is 3.87. The Kier molecular flexibility index (Phi) is 6.68. The molecule has 0 radical (unpaired) electrons. The molecule has 0 saturated heterocycles. The summed E-state index contributed by atoms with van der Waals surface area (Å²) in [6.07, 6.45) is 4.18. The molecule has 1 unspecified atom stereocenters. The average molecular weight is 345 g/mol. The van der Waals surface area contributed by atoms with Crippen molar-refractivity contribution in [3.63, 3.8) is 0 Å². The molecule has 2 N–H and O–H groups in total. The van der Waals surface area contributed by atoms with Crippen molar-refractivity contribution in [2.75, 3.05) is 6.61 Å². The number of carbonyl (C=O) groups excluding carboxylic acids is 2. The molecular formula is C18H23N3O4. The number of benzene rings is 1. The molecule has 0 saturated carbocycles. The number of amides is 1. The molecule has 1 aromatic carbocycles. The number of nitrogens with one attached hydrogen (secondary N) is 2. The average Bonchev–Trinajstić information content (AvgIpc) is 2.60. The summed E-state index contributed by atoms with van der Waals surface area (Å²) < 4.78 is 5.03. The van der Waals surface area contributed by atoms with Crippen LogP contribution in [0.5, 0.6) is 0 Å². The molecule has 0 aliphatic heterocycles. The first-order valence-electron chi connectivity index (χ1n) is 8.46. The Morgan fingerprint density at radius 3 is 2.68 bits per heavy atom. The number of hydrogen-bond acceptors (Lipinski definition) is 5. The van der Waals surface area contributed by atoms with E-state index in [1.165, 1.54) is 0 Å². The largest absolute Gasteiger partial charge is 0.451 e. The fraction of sp³-hybridized carbons (Fsp3) is 0.444. The predicted molar refractivity (Wildman–Crippen MR) is 94.4 cm³/mol. The molecule has 25 heavy (non-hydrogen) atoms. The second kappa shape index (κ2) is 8.96. The number of esters is 1. The van der Waals surface area contributed by atoms with Crippen LogP contribution in [0.15, 0.2) is 29.1 Å². The van der Waals surface area contributed by atoms with Gasteiger partial charge < -0.3 is 10.1 Å². The Bertz CT molecular complexity index is 800. The Hall–Kier alpha value is -2.70. The van der Waals surface area contributed by atoms with Gasteiger partial charge in [0.1, 0.15) is 0 Å². The van der Waals surface area contributed by atoms with Gasteiger partial charge in [0.2, 0.25) is 0 Å². The van der Waals surface area contributed by atoms with Gasteiger partial charge in [-0.05, 0) is 19.4 Å². The van der Waals surface area contributed by atoms with E-state index in [2.05, 4.69) is 22.4 Å². The van der Waals surface area contributed by atoms with Crippen LogP contribution in [0.3, 0.4) is 0 Å². The van der Waals surface area contributed by atoms with Crippen molar-refractivity contribution in [3.8, 4) is 0 Å². The van der Waals surface area contributed by atoms with Gasteiger partial charge in [0, 0.05) is 11.4 Å². The zero-order valence-corrected chi connectivity index (χ0v) is 14.5. The smallest absolute Gasteiger partial charge is 0.359 e. The van der Waals surface area contributed by atoms with Gasteiger partial charge in [-0.1, -0.05) is 44.4 Å². The maximum atomic E-state index is 12.2. The van der Waals surface area contributed by atoms with Crippen LogP contribution in [0.4, 0.5) is 0 Å². The van der Waals surface area contributed by atoms with Crippen molar-refractivity contribution in [1.29, 1.82) is 0 Å². The van der Waals surface area contributed by atoms with Gasteiger partial charge in [0.15, 0.2) is 12.3 Å². The number of carbonyl (C=O) groups is 2. The van der Waals surface area contributed by atoms with Gasteiger partial charge in [0.05, 0.1) is 5.39 Å². The number of unbranched alkanes of at least 4 members (excludes halogenated alkanes) is 2. The number of fused-ring (bicyclic) bond motifs is 1. The van der Waals surface area contributed by atoms with Crippen LogP contribution in [0.2, 0.25) is 0 Å². The number of hydrogen-bond donors (Lipinski definition) is 2. The minimum Gasteiger partial charge on any atom is -0.451 e. The van der Waals surface area contributed by atoms with Gasteiger partial charge in [-0.3, -0.25) is 9.59 Å². The first-order chi connectivity index (χ1) is 12.0. The van der Waals surface area contributed by atoms with E-state index in [0.29, 0.717) is 10.8 Å². The minimum atomic E-state index is -0.749. The Labute approximate surface area is 145 Å². The third-order valence-corrected chi connectivity index (χ3v) is 3.87. The summed E-state index contributed by atoms with van der Waals surface area (Å²) in [4.78, 5) is 35.8. The summed E-state index contributed by atoms with van der Waals surface area (Å²) in [6, 6.07) is 6.64. The normalized spacial score (nSPS) is 11.9.